The molecule has 0 bridgehead atoms. The van der Waals surface area contributed by atoms with E-state index in [0.717, 1.165) is 47.6 Å². The molecule has 0 amide bonds. The Morgan fingerprint density at radius 3 is 2.96 bits per heavy atom. The van der Waals surface area contributed by atoms with E-state index in [1.165, 1.54) is 16.0 Å². The molecule has 1 aromatic carbocycles. The van der Waals surface area contributed by atoms with Crippen LogP contribution in [0.25, 0.3) is 11.3 Å². The van der Waals surface area contributed by atoms with E-state index in [-0.39, 0.29) is 11.7 Å². The number of aromatic nitrogens is 2. The number of fused-ring (bicyclic) bond motifs is 1. The summed E-state index contributed by atoms with van der Waals surface area (Å²) < 4.78 is 0. The molecule has 0 aliphatic carbocycles. The van der Waals surface area contributed by atoms with Crippen molar-refractivity contribution in [3.63, 3.8) is 0 Å². The third-order valence-corrected chi connectivity index (χ3v) is 6.18. The van der Waals surface area contributed by atoms with Crippen LogP contribution in [0.3, 0.4) is 0 Å². The van der Waals surface area contributed by atoms with Gasteiger partial charge in [0.2, 0.25) is 5.95 Å². The van der Waals surface area contributed by atoms with Crippen LogP contribution in [0.4, 0.5) is 5.95 Å². The Bertz CT molecular complexity index is 972. The molecule has 0 radical (unpaired) electrons. The molecule has 6 heteroatoms. The van der Waals surface area contributed by atoms with Crippen LogP contribution in [0.1, 0.15) is 37.7 Å². The van der Waals surface area contributed by atoms with Crippen LogP contribution < -0.4 is 11.1 Å². The van der Waals surface area contributed by atoms with Gasteiger partial charge >= 0.3 is 0 Å². The third-order valence-electron chi connectivity index (χ3n) is 4.96. The Morgan fingerprint density at radius 1 is 1.30 bits per heavy atom. The van der Waals surface area contributed by atoms with E-state index in [9.17, 15) is 4.79 Å². The van der Waals surface area contributed by atoms with Gasteiger partial charge in [-0.25, -0.2) is 9.97 Å². The SMILES string of the molecule is Cc1cc(-c2ccnc(N)n2)ccc1CCC(=O)c1cc2c(s1)CNCC2. The summed E-state index contributed by atoms with van der Waals surface area (Å²) in [5, 5.41) is 3.36. The molecule has 27 heavy (non-hydrogen) atoms. The lowest BCUT2D eigenvalue weighted by molar-refractivity contribution is 0.0986. The van der Waals surface area contributed by atoms with E-state index in [0.29, 0.717) is 6.42 Å². The zero-order valence-corrected chi connectivity index (χ0v) is 16.1. The van der Waals surface area contributed by atoms with Gasteiger partial charge < -0.3 is 11.1 Å². The second kappa shape index (κ2) is 7.58. The van der Waals surface area contributed by atoms with Gasteiger partial charge in [-0.3, -0.25) is 4.79 Å². The summed E-state index contributed by atoms with van der Waals surface area (Å²) in [7, 11) is 0. The van der Waals surface area contributed by atoms with Crippen LogP contribution in [0.2, 0.25) is 0 Å². The van der Waals surface area contributed by atoms with Crippen molar-refractivity contribution in [2.75, 3.05) is 12.3 Å². The summed E-state index contributed by atoms with van der Waals surface area (Å²) in [6.45, 7) is 3.96. The number of nitrogens with one attached hydrogen (secondary N) is 1. The molecule has 0 atom stereocenters. The van der Waals surface area contributed by atoms with E-state index in [1.807, 2.05) is 12.1 Å². The number of nitrogen functional groups attached to an aromatic ring is 1. The van der Waals surface area contributed by atoms with Gasteiger partial charge in [-0.05, 0) is 61.2 Å². The lowest BCUT2D eigenvalue weighted by Gasteiger charge is -2.10. The minimum Gasteiger partial charge on any atom is -0.368 e. The monoisotopic (exact) mass is 378 g/mol. The quantitative estimate of drug-likeness (QED) is 0.664. The van der Waals surface area contributed by atoms with Crippen molar-refractivity contribution in [1.29, 1.82) is 0 Å². The van der Waals surface area contributed by atoms with Crippen molar-refractivity contribution >= 4 is 23.1 Å². The molecule has 2 aromatic heterocycles. The van der Waals surface area contributed by atoms with Gasteiger partial charge in [0, 0.05) is 29.6 Å². The number of anilines is 1. The zero-order valence-electron chi connectivity index (χ0n) is 15.3. The number of carbonyl (C=O) groups excluding carboxylic acids is 1. The van der Waals surface area contributed by atoms with Crippen LogP contribution in [-0.4, -0.2) is 22.3 Å². The predicted octanol–water partition coefficient (Wildman–Crippen LogP) is 3.56. The number of nitrogens with zero attached hydrogens (tertiary/aromatic N) is 2. The number of carbonyl (C=O) groups is 1. The summed E-state index contributed by atoms with van der Waals surface area (Å²) in [5.74, 6) is 0.509. The predicted molar refractivity (Wildman–Crippen MR) is 109 cm³/mol. The molecular weight excluding hydrogens is 356 g/mol. The molecular formula is C21H22N4OS. The van der Waals surface area contributed by atoms with Gasteiger partial charge in [0.1, 0.15) is 0 Å². The van der Waals surface area contributed by atoms with E-state index in [2.05, 4.69) is 40.4 Å². The number of Topliss-reactive ketones (excluding diaryl/α,β-unsaturated/α-hetero) is 1. The minimum absolute atomic E-state index is 0.237. The van der Waals surface area contributed by atoms with Gasteiger partial charge in [-0.15, -0.1) is 11.3 Å². The van der Waals surface area contributed by atoms with Gasteiger partial charge in [0.15, 0.2) is 5.78 Å². The lowest BCUT2D eigenvalue weighted by Crippen LogP contribution is -2.21. The first kappa shape index (κ1) is 17.8. The third kappa shape index (κ3) is 3.91. The maximum atomic E-state index is 12.6. The summed E-state index contributed by atoms with van der Waals surface area (Å²) in [4.78, 5) is 23.0. The Morgan fingerprint density at radius 2 is 2.19 bits per heavy atom. The molecule has 0 saturated heterocycles. The highest BCUT2D eigenvalue weighted by Gasteiger charge is 2.17. The Labute approximate surface area is 162 Å². The largest absolute Gasteiger partial charge is 0.368 e. The van der Waals surface area contributed by atoms with Crippen molar-refractivity contribution in [3.8, 4) is 11.3 Å². The Kier molecular flexibility index (Phi) is 5.01. The first-order valence-electron chi connectivity index (χ1n) is 9.14. The zero-order chi connectivity index (χ0) is 18.8. The topological polar surface area (TPSA) is 80.9 Å². The van der Waals surface area contributed by atoms with E-state index in [1.54, 1.807) is 17.5 Å². The lowest BCUT2D eigenvalue weighted by atomic mass is 9.98. The molecule has 0 fully saturated rings. The maximum Gasteiger partial charge on any atom is 0.220 e. The smallest absolute Gasteiger partial charge is 0.220 e. The molecule has 3 heterocycles. The number of hydrogen-bond donors (Lipinski definition) is 2. The molecule has 4 rings (SSSR count). The highest BCUT2D eigenvalue weighted by molar-refractivity contribution is 7.14. The molecule has 1 aliphatic heterocycles. The normalized spacial score (nSPS) is 13.4. The van der Waals surface area contributed by atoms with Crippen LogP contribution in [0, 0.1) is 6.92 Å². The fourth-order valence-electron chi connectivity index (χ4n) is 3.43. The highest BCUT2D eigenvalue weighted by Crippen LogP contribution is 2.27. The average molecular weight is 379 g/mol. The molecule has 0 saturated carbocycles. The summed E-state index contributed by atoms with van der Waals surface area (Å²) >= 11 is 1.65. The summed E-state index contributed by atoms with van der Waals surface area (Å²) in [6.07, 6.45) is 3.97. The standard InChI is InChI=1S/C21H22N4OS/c1-13-10-15(17-7-9-24-21(22)25-17)3-2-14(13)4-5-18(26)19-11-16-6-8-23-12-20(16)27-19/h2-3,7,9-11,23H,4-6,8,12H2,1H3,(H2,22,24,25). The molecule has 138 valence electrons. The van der Waals surface area contributed by atoms with Gasteiger partial charge in [-0.1, -0.05) is 12.1 Å². The highest BCUT2D eigenvalue weighted by atomic mass is 32.1. The molecule has 3 N–H and O–H groups in total. The molecule has 1 aliphatic rings. The van der Waals surface area contributed by atoms with Crippen molar-refractivity contribution in [3.05, 3.63) is 63.0 Å². The minimum atomic E-state index is 0.237. The number of thiophene rings is 1. The number of benzene rings is 1. The number of ketones is 1. The van der Waals surface area contributed by atoms with Crippen molar-refractivity contribution in [2.24, 2.45) is 0 Å². The number of nitrogens with two attached hydrogens (primary N) is 1. The van der Waals surface area contributed by atoms with Crippen LogP contribution >= 0.6 is 11.3 Å². The van der Waals surface area contributed by atoms with Gasteiger partial charge in [0.25, 0.3) is 0 Å². The summed E-state index contributed by atoms with van der Waals surface area (Å²) in [6, 6.07) is 10.2. The number of hydrogen-bond acceptors (Lipinski definition) is 6. The first-order chi connectivity index (χ1) is 13.1. The van der Waals surface area contributed by atoms with Crippen molar-refractivity contribution in [1.82, 2.24) is 15.3 Å². The second-order valence-corrected chi connectivity index (χ2v) is 7.99. The molecule has 3 aromatic rings. The first-order valence-corrected chi connectivity index (χ1v) is 9.96. The fourth-order valence-corrected chi connectivity index (χ4v) is 4.58. The van der Waals surface area contributed by atoms with Crippen molar-refractivity contribution < 1.29 is 4.79 Å². The van der Waals surface area contributed by atoms with Crippen molar-refractivity contribution in [2.45, 2.75) is 32.7 Å². The molecule has 0 spiro atoms. The van der Waals surface area contributed by atoms with Crippen LogP contribution in [0.5, 0.6) is 0 Å². The maximum absolute atomic E-state index is 12.6. The van der Waals surface area contributed by atoms with E-state index in [4.69, 9.17) is 5.73 Å². The number of rotatable bonds is 5. The Hall–Kier alpha value is -2.57. The Balaban J connectivity index is 1.45. The van der Waals surface area contributed by atoms with Crippen LogP contribution in [0.15, 0.2) is 36.5 Å². The molecule has 0 unspecified atom stereocenters. The number of aryl methyl sites for hydroxylation is 2. The molecule has 5 nitrogen and oxygen atoms in total. The summed E-state index contributed by atoms with van der Waals surface area (Å²) in [5.41, 5.74) is 11.2. The van der Waals surface area contributed by atoms with E-state index < -0.39 is 0 Å². The van der Waals surface area contributed by atoms with Gasteiger partial charge in [-0.2, -0.15) is 0 Å². The van der Waals surface area contributed by atoms with E-state index >= 15 is 0 Å². The average Bonchev–Trinajstić information content (AvgIpc) is 3.11. The van der Waals surface area contributed by atoms with Crippen LogP contribution in [-0.2, 0) is 19.4 Å². The second-order valence-electron chi connectivity index (χ2n) is 6.85. The van der Waals surface area contributed by atoms with Gasteiger partial charge in [0.05, 0.1) is 10.6 Å². The fraction of sp³-hybridized carbons (Fsp3) is 0.286.